The molecule has 84 valence electrons. The Morgan fingerprint density at radius 2 is 2.27 bits per heavy atom. The molecule has 4 nitrogen and oxygen atoms in total. The van der Waals surface area contributed by atoms with Crippen molar-refractivity contribution in [3.8, 4) is 0 Å². The Morgan fingerprint density at radius 3 is 2.80 bits per heavy atom. The molecule has 1 aromatic rings. The minimum atomic E-state index is 0.136. The van der Waals surface area contributed by atoms with Crippen molar-refractivity contribution in [3.05, 3.63) is 21.7 Å². The minimum Gasteiger partial charge on any atom is -0.454 e. The van der Waals surface area contributed by atoms with E-state index in [2.05, 4.69) is 27.9 Å². The van der Waals surface area contributed by atoms with Crippen LogP contribution in [0.4, 0.5) is 0 Å². The number of carbonyl (C=O) groups is 1. The van der Waals surface area contributed by atoms with Gasteiger partial charge in [-0.2, -0.15) is 0 Å². The molecule has 0 radical (unpaired) electrons. The Labute approximate surface area is 103 Å². The van der Waals surface area contributed by atoms with Gasteiger partial charge in [0.25, 0.3) is 0 Å². The highest BCUT2D eigenvalue weighted by atomic mass is 127. The molecule has 0 aromatic carbocycles. The van der Waals surface area contributed by atoms with Gasteiger partial charge in [-0.25, -0.2) is 0 Å². The lowest BCUT2D eigenvalue weighted by atomic mass is 10.3. The largest absolute Gasteiger partial charge is 0.454 e. The molecule has 0 aliphatic heterocycles. The van der Waals surface area contributed by atoms with Gasteiger partial charge in [-0.3, -0.25) is 4.79 Å². The normalized spacial score (nSPS) is 10.3. The number of amides is 1. The molecule has 1 aromatic heterocycles. The van der Waals surface area contributed by atoms with Crippen molar-refractivity contribution in [2.24, 2.45) is 0 Å². The van der Waals surface area contributed by atoms with Gasteiger partial charge in [-0.1, -0.05) is 0 Å². The van der Waals surface area contributed by atoms with Crippen LogP contribution in [0, 0.1) is 3.77 Å². The Morgan fingerprint density at radius 1 is 1.53 bits per heavy atom. The van der Waals surface area contributed by atoms with Crippen molar-refractivity contribution in [2.75, 3.05) is 20.6 Å². The second-order valence-corrected chi connectivity index (χ2v) is 4.48. The summed E-state index contributed by atoms with van der Waals surface area (Å²) in [4.78, 5) is 12.8. The first kappa shape index (κ1) is 12.5. The first-order valence-electron chi connectivity index (χ1n) is 4.74. The van der Waals surface area contributed by atoms with Crippen LogP contribution in [0.15, 0.2) is 16.5 Å². The lowest BCUT2D eigenvalue weighted by Gasteiger charge is -2.09. The maximum absolute atomic E-state index is 11.2. The third-order valence-corrected chi connectivity index (χ3v) is 2.52. The lowest BCUT2D eigenvalue weighted by Crippen LogP contribution is -2.26. The van der Waals surface area contributed by atoms with Crippen LogP contribution in [0.5, 0.6) is 0 Å². The van der Waals surface area contributed by atoms with E-state index in [4.69, 9.17) is 4.42 Å². The van der Waals surface area contributed by atoms with Crippen molar-refractivity contribution in [3.63, 3.8) is 0 Å². The van der Waals surface area contributed by atoms with E-state index in [1.165, 1.54) is 0 Å². The molecule has 0 bridgehead atoms. The topological polar surface area (TPSA) is 45.5 Å². The lowest BCUT2D eigenvalue weighted by molar-refractivity contribution is -0.128. The van der Waals surface area contributed by atoms with E-state index in [-0.39, 0.29) is 5.91 Å². The molecule has 0 saturated heterocycles. The molecular weight excluding hydrogens is 307 g/mol. The molecule has 0 fully saturated rings. The van der Waals surface area contributed by atoms with E-state index in [9.17, 15) is 4.79 Å². The highest BCUT2D eigenvalue weighted by molar-refractivity contribution is 14.1. The smallest absolute Gasteiger partial charge is 0.223 e. The van der Waals surface area contributed by atoms with Gasteiger partial charge in [0.15, 0.2) is 3.77 Å². The molecule has 0 aliphatic rings. The quantitative estimate of drug-likeness (QED) is 0.659. The number of rotatable bonds is 5. The van der Waals surface area contributed by atoms with Gasteiger partial charge in [-0.15, -0.1) is 0 Å². The van der Waals surface area contributed by atoms with Crippen LogP contribution in [-0.4, -0.2) is 31.4 Å². The molecule has 0 unspecified atom stereocenters. The summed E-state index contributed by atoms with van der Waals surface area (Å²) in [5.74, 6) is 1.04. The number of carbonyl (C=O) groups excluding carboxylic acids is 1. The van der Waals surface area contributed by atoms with Gasteiger partial charge in [0.1, 0.15) is 5.76 Å². The van der Waals surface area contributed by atoms with Gasteiger partial charge in [0, 0.05) is 27.1 Å². The van der Waals surface area contributed by atoms with E-state index in [0.717, 1.165) is 9.53 Å². The fraction of sp³-hybridized carbons (Fsp3) is 0.500. The van der Waals surface area contributed by atoms with Gasteiger partial charge in [-0.05, 0) is 34.7 Å². The molecule has 1 amide bonds. The van der Waals surface area contributed by atoms with Crippen LogP contribution >= 0.6 is 22.6 Å². The Balaban J connectivity index is 2.15. The summed E-state index contributed by atoms with van der Waals surface area (Å²) >= 11 is 2.13. The number of halogens is 1. The molecule has 1 heterocycles. The first-order chi connectivity index (χ1) is 7.09. The maximum atomic E-state index is 11.2. The molecule has 15 heavy (non-hydrogen) atoms. The number of furan rings is 1. The van der Waals surface area contributed by atoms with Crippen LogP contribution in [-0.2, 0) is 11.3 Å². The van der Waals surface area contributed by atoms with E-state index in [0.29, 0.717) is 19.5 Å². The molecule has 5 heteroatoms. The predicted molar refractivity (Wildman–Crippen MR) is 66.4 cm³/mol. The van der Waals surface area contributed by atoms with Crippen LogP contribution in [0.2, 0.25) is 0 Å². The van der Waals surface area contributed by atoms with E-state index in [1.807, 2.05) is 12.1 Å². The average Bonchev–Trinajstić information content (AvgIpc) is 2.58. The van der Waals surface area contributed by atoms with Crippen LogP contribution in [0.25, 0.3) is 0 Å². The number of nitrogens with one attached hydrogen (secondary N) is 1. The minimum absolute atomic E-state index is 0.136. The number of nitrogens with zero attached hydrogens (tertiary/aromatic N) is 1. The number of hydrogen-bond acceptors (Lipinski definition) is 3. The fourth-order valence-electron chi connectivity index (χ4n) is 1.08. The fourth-order valence-corrected chi connectivity index (χ4v) is 1.54. The average molecular weight is 322 g/mol. The van der Waals surface area contributed by atoms with Crippen molar-refractivity contribution in [1.82, 2.24) is 10.2 Å². The SMILES string of the molecule is CN(C)C(=O)CCNCc1ccc(I)o1. The molecule has 1 N–H and O–H groups in total. The summed E-state index contributed by atoms with van der Waals surface area (Å²) in [5.41, 5.74) is 0. The third kappa shape index (κ3) is 4.65. The van der Waals surface area contributed by atoms with Gasteiger partial charge < -0.3 is 14.6 Å². The molecular formula is C10H15IN2O2. The van der Waals surface area contributed by atoms with E-state index >= 15 is 0 Å². The monoisotopic (exact) mass is 322 g/mol. The molecule has 0 saturated carbocycles. The highest BCUT2D eigenvalue weighted by Crippen LogP contribution is 2.09. The summed E-state index contributed by atoms with van der Waals surface area (Å²) in [7, 11) is 3.52. The first-order valence-corrected chi connectivity index (χ1v) is 5.82. The summed E-state index contributed by atoms with van der Waals surface area (Å²) < 4.78 is 6.25. The Hall–Kier alpha value is -0.560. The highest BCUT2D eigenvalue weighted by Gasteiger charge is 2.03. The van der Waals surface area contributed by atoms with Gasteiger partial charge in [0.2, 0.25) is 5.91 Å². The van der Waals surface area contributed by atoms with Crippen molar-refractivity contribution in [1.29, 1.82) is 0 Å². The van der Waals surface area contributed by atoms with Gasteiger partial charge >= 0.3 is 0 Å². The zero-order valence-corrected chi connectivity index (χ0v) is 11.1. The molecule has 0 aliphatic carbocycles. The molecule has 0 spiro atoms. The summed E-state index contributed by atoms with van der Waals surface area (Å²) in [6.07, 6.45) is 0.519. The Bertz CT molecular complexity index is 323. The van der Waals surface area contributed by atoms with Crippen molar-refractivity contribution in [2.45, 2.75) is 13.0 Å². The molecule has 1 rings (SSSR count). The second-order valence-electron chi connectivity index (χ2n) is 3.42. The predicted octanol–water partition coefficient (Wildman–Crippen LogP) is 1.45. The summed E-state index contributed by atoms with van der Waals surface area (Å²) in [6.45, 7) is 1.35. The summed E-state index contributed by atoms with van der Waals surface area (Å²) in [5, 5.41) is 3.16. The van der Waals surface area contributed by atoms with Crippen molar-refractivity contribution >= 4 is 28.5 Å². The zero-order valence-electron chi connectivity index (χ0n) is 8.92. The summed E-state index contributed by atoms with van der Waals surface area (Å²) in [6, 6.07) is 3.85. The molecule has 0 atom stereocenters. The maximum Gasteiger partial charge on any atom is 0.223 e. The second kappa shape index (κ2) is 6.12. The van der Waals surface area contributed by atoms with E-state index < -0.39 is 0 Å². The number of hydrogen-bond donors (Lipinski definition) is 1. The standard InChI is InChI=1S/C10H15IN2O2/c1-13(2)10(14)5-6-12-7-8-3-4-9(11)15-8/h3-4,12H,5-7H2,1-2H3. The van der Waals surface area contributed by atoms with E-state index in [1.54, 1.807) is 19.0 Å². The van der Waals surface area contributed by atoms with Crippen LogP contribution in [0.3, 0.4) is 0 Å². The van der Waals surface area contributed by atoms with Crippen molar-refractivity contribution < 1.29 is 9.21 Å². The van der Waals surface area contributed by atoms with Crippen LogP contribution < -0.4 is 5.32 Å². The zero-order chi connectivity index (χ0) is 11.3. The van der Waals surface area contributed by atoms with Gasteiger partial charge in [0.05, 0.1) is 6.54 Å². The van der Waals surface area contributed by atoms with Crippen LogP contribution in [0.1, 0.15) is 12.2 Å². The third-order valence-electron chi connectivity index (χ3n) is 1.94. The Kier molecular flexibility index (Phi) is 5.10.